The van der Waals surface area contributed by atoms with Crippen molar-refractivity contribution in [1.29, 1.82) is 0 Å². The molecule has 0 spiro atoms. The second-order valence-electron chi connectivity index (χ2n) is 2.69. The molecule has 0 aliphatic rings. The molecule has 0 aliphatic carbocycles. The third-order valence-electron chi connectivity index (χ3n) is 1.78. The minimum atomic E-state index is 0.647. The van der Waals surface area contributed by atoms with Crippen LogP contribution in [0, 0.1) is 0 Å². The molecule has 0 aliphatic heterocycles. The van der Waals surface area contributed by atoms with Crippen molar-refractivity contribution < 1.29 is 0 Å². The summed E-state index contributed by atoms with van der Waals surface area (Å²) in [6, 6.07) is 4.00. The topological polar surface area (TPSA) is 64.9 Å². The van der Waals surface area contributed by atoms with Crippen molar-refractivity contribution in [2.75, 3.05) is 13.1 Å². The van der Waals surface area contributed by atoms with Gasteiger partial charge < -0.3 is 11.5 Å². The average Bonchev–Trinajstić information content (AvgIpc) is 2.09. The Balaban J connectivity index is 2.77. The first-order valence-electron chi connectivity index (χ1n) is 4.21. The molecule has 0 saturated heterocycles. The predicted molar refractivity (Wildman–Crippen MR) is 49.8 cm³/mol. The van der Waals surface area contributed by atoms with E-state index in [4.69, 9.17) is 11.5 Å². The summed E-state index contributed by atoms with van der Waals surface area (Å²) in [5, 5.41) is 0. The van der Waals surface area contributed by atoms with E-state index in [1.807, 2.05) is 6.07 Å². The molecule has 4 N–H and O–H groups in total. The van der Waals surface area contributed by atoms with Gasteiger partial charge in [0, 0.05) is 18.3 Å². The lowest BCUT2D eigenvalue weighted by atomic mass is 10.1. The number of pyridine rings is 1. The highest BCUT2D eigenvalue weighted by molar-refractivity contribution is 5.20. The van der Waals surface area contributed by atoms with Gasteiger partial charge in [0.1, 0.15) is 0 Å². The fourth-order valence-electron chi connectivity index (χ4n) is 1.22. The summed E-state index contributed by atoms with van der Waals surface area (Å²) in [7, 11) is 0. The van der Waals surface area contributed by atoms with Gasteiger partial charge in [-0.15, -0.1) is 0 Å². The fraction of sp³-hybridized carbons (Fsp3) is 0.444. The van der Waals surface area contributed by atoms with Crippen LogP contribution in [-0.2, 0) is 12.8 Å². The van der Waals surface area contributed by atoms with Crippen molar-refractivity contribution in [1.82, 2.24) is 4.98 Å². The zero-order chi connectivity index (χ0) is 8.81. The van der Waals surface area contributed by atoms with Crippen molar-refractivity contribution in [3.05, 3.63) is 29.6 Å². The smallest absolute Gasteiger partial charge is 0.0448 e. The van der Waals surface area contributed by atoms with Crippen LogP contribution >= 0.6 is 0 Å². The summed E-state index contributed by atoms with van der Waals surface area (Å²) in [6.07, 6.45) is 3.53. The van der Waals surface area contributed by atoms with Crippen LogP contribution in [0.4, 0.5) is 0 Å². The summed E-state index contributed by atoms with van der Waals surface area (Å²) in [5.41, 5.74) is 13.2. The van der Waals surface area contributed by atoms with Gasteiger partial charge in [0.05, 0.1) is 0 Å². The summed E-state index contributed by atoms with van der Waals surface area (Å²) in [4.78, 5) is 4.25. The Morgan fingerprint density at radius 2 is 1.92 bits per heavy atom. The molecule has 0 radical (unpaired) electrons. The van der Waals surface area contributed by atoms with Crippen molar-refractivity contribution in [3.8, 4) is 0 Å². The molecule has 0 atom stereocenters. The second-order valence-corrected chi connectivity index (χ2v) is 2.69. The Labute approximate surface area is 72.8 Å². The lowest BCUT2D eigenvalue weighted by Gasteiger charge is -2.04. The molecule has 3 heteroatoms. The zero-order valence-corrected chi connectivity index (χ0v) is 7.16. The van der Waals surface area contributed by atoms with Crippen molar-refractivity contribution in [2.24, 2.45) is 11.5 Å². The minimum absolute atomic E-state index is 0.647. The first-order chi connectivity index (χ1) is 5.88. The predicted octanol–water partition coefficient (Wildman–Crippen LogP) is 0.0840. The van der Waals surface area contributed by atoms with Gasteiger partial charge in [-0.3, -0.25) is 4.98 Å². The SMILES string of the molecule is NCCc1cccnc1CCN. The molecule has 0 amide bonds. The Morgan fingerprint density at radius 1 is 1.17 bits per heavy atom. The van der Waals surface area contributed by atoms with Crippen molar-refractivity contribution in [2.45, 2.75) is 12.8 Å². The number of nitrogens with zero attached hydrogens (tertiary/aromatic N) is 1. The molecule has 0 unspecified atom stereocenters. The van der Waals surface area contributed by atoms with E-state index in [9.17, 15) is 0 Å². The second kappa shape index (κ2) is 4.85. The van der Waals surface area contributed by atoms with Crippen LogP contribution in [0.15, 0.2) is 18.3 Å². The van der Waals surface area contributed by atoms with E-state index in [2.05, 4.69) is 11.1 Å². The maximum absolute atomic E-state index is 5.47. The van der Waals surface area contributed by atoms with E-state index in [0.29, 0.717) is 13.1 Å². The van der Waals surface area contributed by atoms with Crippen LogP contribution in [0.2, 0.25) is 0 Å². The normalized spacial score (nSPS) is 10.2. The number of aromatic nitrogens is 1. The number of hydrogen-bond acceptors (Lipinski definition) is 3. The van der Waals surface area contributed by atoms with Gasteiger partial charge in [-0.25, -0.2) is 0 Å². The van der Waals surface area contributed by atoms with E-state index in [0.717, 1.165) is 18.5 Å². The Hall–Kier alpha value is -0.930. The Bertz CT molecular complexity index is 210. The zero-order valence-electron chi connectivity index (χ0n) is 7.16. The summed E-state index contributed by atoms with van der Waals surface area (Å²) >= 11 is 0. The molecule has 0 saturated carbocycles. The molecule has 66 valence electrons. The van der Waals surface area contributed by atoms with Gasteiger partial charge in [-0.1, -0.05) is 6.07 Å². The first-order valence-corrected chi connectivity index (χ1v) is 4.21. The van der Waals surface area contributed by atoms with Crippen molar-refractivity contribution >= 4 is 0 Å². The van der Waals surface area contributed by atoms with Crippen molar-refractivity contribution in [3.63, 3.8) is 0 Å². The van der Waals surface area contributed by atoms with Crippen LogP contribution in [0.25, 0.3) is 0 Å². The molecule has 0 aromatic carbocycles. The van der Waals surface area contributed by atoms with Crippen LogP contribution in [0.1, 0.15) is 11.3 Å². The highest BCUT2D eigenvalue weighted by atomic mass is 14.7. The molecule has 1 aromatic heterocycles. The molecule has 3 nitrogen and oxygen atoms in total. The minimum Gasteiger partial charge on any atom is -0.330 e. The third kappa shape index (κ3) is 2.29. The largest absolute Gasteiger partial charge is 0.330 e. The van der Waals surface area contributed by atoms with Crippen LogP contribution < -0.4 is 11.5 Å². The van der Waals surface area contributed by atoms with Gasteiger partial charge in [0.25, 0.3) is 0 Å². The highest BCUT2D eigenvalue weighted by Gasteiger charge is 2.00. The van der Waals surface area contributed by atoms with E-state index in [-0.39, 0.29) is 0 Å². The number of nitrogens with two attached hydrogens (primary N) is 2. The molecule has 0 bridgehead atoms. The molecule has 1 heterocycles. The summed E-state index contributed by atoms with van der Waals surface area (Å²) in [5.74, 6) is 0. The van der Waals surface area contributed by atoms with Gasteiger partial charge in [0.2, 0.25) is 0 Å². The standard InChI is InChI=1S/C9H15N3/c10-5-3-8-2-1-7-12-9(8)4-6-11/h1-2,7H,3-6,10-11H2. The molecular formula is C9H15N3. The monoisotopic (exact) mass is 165 g/mol. The van der Waals surface area contributed by atoms with Crippen LogP contribution in [0.3, 0.4) is 0 Å². The maximum atomic E-state index is 5.47. The highest BCUT2D eigenvalue weighted by Crippen LogP contribution is 2.05. The lowest BCUT2D eigenvalue weighted by molar-refractivity contribution is 0.867. The van der Waals surface area contributed by atoms with Gasteiger partial charge in [-0.2, -0.15) is 0 Å². The molecule has 1 aromatic rings. The maximum Gasteiger partial charge on any atom is 0.0448 e. The molecule has 0 fully saturated rings. The third-order valence-corrected chi connectivity index (χ3v) is 1.78. The summed E-state index contributed by atoms with van der Waals surface area (Å²) in [6.45, 7) is 1.32. The Morgan fingerprint density at radius 3 is 2.58 bits per heavy atom. The number of rotatable bonds is 4. The van der Waals surface area contributed by atoms with Gasteiger partial charge in [-0.05, 0) is 31.1 Å². The summed E-state index contributed by atoms with van der Waals surface area (Å²) < 4.78 is 0. The van der Waals surface area contributed by atoms with Gasteiger partial charge >= 0.3 is 0 Å². The fourth-order valence-corrected chi connectivity index (χ4v) is 1.22. The number of hydrogen-bond donors (Lipinski definition) is 2. The van der Waals surface area contributed by atoms with Crippen LogP contribution in [-0.4, -0.2) is 18.1 Å². The molecular weight excluding hydrogens is 150 g/mol. The Kier molecular flexibility index (Phi) is 3.70. The van der Waals surface area contributed by atoms with E-state index in [1.54, 1.807) is 6.20 Å². The van der Waals surface area contributed by atoms with Gasteiger partial charge in [0.15, 0.2) is 0 Å². The van der Waals surface area contributed by atoms with E-state index < -0.39 is 0 Å². The first kappa shape index (κ1) is 9.16. The van der Waals surface area contributed by atoms with E-state index >= 15 is 0 Å². The lowest BCUT2D eigenvalue weighted by Crippen LogP contribution is -2.10. The quantitative estimate of drug-likeness (QED) is 0.664. The average molecular weight is 165 g/mol. The van der Waals surface area contributed by atoms with Crippen LogP contribution in [0.5, 0.6) is 0 Å². The molecule has 12 heavy (non-hydrogen) atoms. The molecule has 1 rings (SSSR count). The van der Waals surface area contributed by atoms with E-state index in [1.165, 1.54) is 5.56 Å².